The van der Waals surface area contributed by atoms with Crippen molar-refractivity contribution in [1.82, 2.24) is 9.47 Å². The number of halogens is 2. The third kappa shape index (κ3) is 3.55. The number of carbonyl (C=O) groups is 1. The first-order chi connectivity index (χ1) is 15.5. The zero-order valence-electron chi connectivity index (χ0n) is 17.4. The van der Waals surface area contributed by atoms with Crippen molar-refractivity contribution in [1.29, 1.82) is 0 Å². The smallest absolute Gasteiger partial charge is 0.318 e. The fraction of sp³-hybridized carbons (Fsp3) is 0.115. The van der Waals surface area contributed by atoms with Crippen LogP contribution in [0.25, 0.3) is 5.69 Å². The summed E-state index contributed by atoms with van der Waals surface area (Å²) in [6, 6.07) is 23.8. The molecule has 2 amide bonds. The minimum Gasteiger partial charge on any atom is -0.318 e. The fourth-order valence-electron chi connectivity index (χ4n) is 4.33. The van der Waals surface area contributed by atoms with Gasteiger partial charge in [-0.05, 0) is 60.0 Å². The predicted octanol–water partition coefficient (Wildman–Crippen LogP) is 6.72. The molecule has 160 valence electrons. The van der Waals surface area contributed by atoms with Crippen LogP contribution in [-0.4, -0.2) is 15.5 Å². The Morgan fingerprint density at radius 3 is 2.62 bits per heavy atom. The number of hydrogen-bond donors (Lipinski definition) is 1. The van der Waals surface area contributed by atoms with Crippen LogP contribution in [0.15, 0.2) is 85.1 Å². The molecule has 1 aromatic heterocycles. The normalized spacial score (nSPS) is 15.0. The average Bonchev–Trinajstić information content (AvgIpc) is 3.21. The van der Waals surface area contributed by atoms with Crippen molar-refractivity contribution >= 4 is 23.3 Å². The van der Waals surface area contributed by atoms with Gasteiger partial charge in [-0.1, -0.05) is 54.1 Å². The number of aromatic nitrogens is 1. The van der Waals surface area contributed by atoms with Gasteiger partial charge in [-0.15, -0.1) is 0 Å². The molecule has 6 heteroatoms. The van der Waals surface area contributed by atoms with E-state index < -0.39 is 5.82 Å². The lowest BCUT2D eigenvalue weighted by Crippen LogP contribution is -2.38. The lowest BCUT2D eigenvalue weighted by Gasteiger charge is -2.32. The van der Waals surface area contributed by atoms with Gasteiger partial charge in [0.05, 0.1) is 17.3 Å². The largest absolute Gasteiger partial charge is 0.322 e. The van der Waals surface area contributed by atoms with E-state index in [1.54, 1.807) is 0 Å². The van der Waals surface area contributed by atoms with E-state index >= 15 is 0 Å². The number of nitrogens with zero attached hydrogens (tertiary/aromatic N) is 2. The van der Waals surface area contributed by atoms with E-state index in [1.807, 2.05) is 53.6 Å². The minimum atomic E-state index is -0.524. The molecule has 5 rings (SSSR count). The van der Waals surface area contributed by atoms with Crippen molar-refractivity contribution in [2.24, 2.45) is 0 Å². The SMILES string of the molecule is Cc1ccccc1C1c2cccn2-c2ccccc2CN1C(=O)Nc1ccc(F)c(Cl)c1. The maximum absolute atomic E-state index is 13.6. The zero-order valence-corrected chi connectivity index (χ0v) is 18.2. The molecule has 0 bridgehead atoms. The third-order valence-electron chi connectivity index (χ3n) is 5.88. The summed E-state index contributed by atoms with van der Waals surface area (Å²) in [6.07, 6.45) is 2.03. The molecular formula is C26H21ClFN3O. The molecule has 1 N–H and O–H groups in total. The summed E-state index contributed by atoms with van der Waals surface area (Å²) < 4.78 is 15.8. The number of fused-ring (bicyclic) bond motifs is 3. The fourth-order valence-corrected chi connectivity index (χ4v) is 4.51. The molecule has 0 spiro atoms. The Balaban J connectivity index is 1.64. The van der Waals surface area contributed by atoms with Crippen LogP contribution in [0.5, 0.6) is 0 Å². The molecule has 4 nitrogen and oxygen atoms in total. The van der Waals surface area contributed by atoms with E-state index in [9.17, 15) is 9.18 Å². The number of amides is 2. The van der Waals surface area contributed by atoms with E-state index in [1.165, 1.54) is 18.2 Å². The van der Waals surface area contributed by atoms with Gasteiger partial charge in [0.2, 0.25) is 0 Å². The number of para-hydroxylation sites is 1. The molecule has 1 atom stereocenters. The summed E-state index contributed by atoms with van der Waals surface area (Å²) in [5.74, 6) is -0.524. The highest BCUT2D eigenvalue weighted by Crippen LogP contribution is 2.38. The van der Waals surface area contributed by atoms with Gasteiger partial charge >= 0.3 is 6.03 Å². The van der Waals surface area contributed by atoms with Gasteiger partial charge in [0.25, 0.3) is 0 Å². The second-order valence-electron chi connectivity index (χ2n) is 7.88. The predicted molar refractivity (Wildman–Crippen MR) is 125 cm³/mol. The molecule has 2 heterocycles. The van der Waals surface area contributed by atoms with Gasteiger partial charge < -0.3 is 14.8 Å². The highest BCUT2D eigenvalue weighted by molar-refractivity contribution is 6.31. The monoisotopic (exact) mass is 445 g/mol. The van der Waals surface area contributed by atoms with Crippen LogP contribution in [0.4, 0.5) is 14.9 Å². The Morgan fingerprint density at radius 1 is 1.03 bits per heavy atom. The quantitative estimate of drug-likeness (QED) is 0.365. The highest BCUT2D eigenvalue weighted by atomic mass is 35.5. The van der Waals surface area contributed by atoms with Crippen LogP contribution in [0, 0.1) is 12.7 Å². The second-order valence-corrected chi connectivity index (χ2v) is 8.29. The molecule has 32 heavy (non-hydrogen) atoms. The summed E-state index contributed by atoms with van der Waals surface area (Å²) >= 11 is 5.93. The maximum atomic E-state index is 13.6. The Hall–Kier alpha value is -3.57. The van der Waals surface area contributed by atoms with Crippen molar-refractivity contribution in [2.45, 2.75) is 19.5 Å². The number of benzene rings is 3. The number of carbonyl (C=O) groups excluding carboxylic acids is 1. The Bertz CT molecular complexity index is 1320. The second kappa shape index (κ2) is 8.17. The third-order valence-corrected chi connectivity index (χ3v) is 6.17. The average molecular weight is 446 g/mol. The first-order valence-electron chi connectivity index (χ1n) is 10.4. The molecule has 1 unspecified atom stereocenters. The van der Waals surface area contributed by atoms with Gasteiger partial charge in [-0.3, -0.25) is 0 Å². The first-order valence-corrected chi connectivity index (χ1v) is 10.7. The molecule has 0 saturated carbocycles. The van der Waals surface area contributed by atoms with E-state index in [0.717, 1.165) is 28.1 Å². The van der Waals surface area contributed by atoms with Crippen molar-refractivity contribution in [3.05, 3.63) is 118 Å². The van der Waals surface area contributed by atoms with E-state index in [4.69, 9.17) is 11.6 Å². The van der Waals surface area contributed by atoms with E-state index in [2.05, 4.69) is 35.0 Å². The molecule has 1 aliphatic heterocycles. The summed E-state index contributed by atoms with van der Waals surface area (Å²) in [7, 11) is 0. The molecule has 0 saturated heterocycles. The van der Waals surface area contributed by atoms with Crippen molar-refractivity contribution in [2.75, 3.05) is 5.32 Å². The molecule has 1 aliphatic rings. The van der Waals surface area contributed by atoms with Gasteiger partial charge in [0.15, 0.2) is 0 Å². The Kier molecular flexibility index (Phi) is 5.19. The van der Waals surface area contributed by atoms with Gasteiger partial charge in [0, 0.05) is 17.6 Å². The number of anilines is 1. The van der Waals surface area contributed by atoms with Crippen molar-refractivity contribution in [3.63, 3.8) is 0 Å². The van der Waals surface area contributed by atoms with Gasteiger partial charge in [-0.2, -0.15) is 0 Å². The summed E-state index contributed by atoms with van der Waals surface area (Å²) in [5, 5.41) is 2.87. The number of hydrogen-bond acceptors (Lipinski definition) is 1. The molecule has 0 radical (unpaired) electrons. The number of rotatable bonds is 2. The summed E-state index contributed by atoms with van der Waals surface area (Å²) in [6.45, 7) is 2.47. The van der Waals surface area contributed by atoms with Crippen LogP contribution in [-0.2, 0) is 6.54 Å². The van der Waals surface area contributed by atoms with Crippen molar-refractivity contribution < 1.29 is 9.18 Å². The highest BCUT2D eigenvalue weighted by Gasteiger charge is 2.33. The maximum Gasteiger partial charge on any atom is 0.322 e. The van der Waals surface area contributed by atoms with E-state index in [0.29, 0.717) is 12.2 Å². The first kappa shape index (κ1) is 20.3. The number of aryl methyl sites for hydroxylation is 1. The van der Waals surface area contributed by atoms with Crippen LogP contribution in [0.3, 0.4) is 0 Å². The summed E-state index contributed by atoms with van der Waals surface area (Å²) in [4.78, 5) is 15.4. The summed E-state index contributed by atoms with van der Waals surface area (Å²) in [5.41, 5.74) is 5.67. The van der Waals surface area contributed by atoms with Crippen LogP contribution >= 0.6 is 11.6 Å². The minimum absolute atomic E-state index is 0.0339. The molecule has 4 aromatic rings. The topological polar surface area (TPSA) is 37.3 Å². The Morgan fingerprint density at radius 2 is 1.81 bits per heavy atom. The van der Waals surface area contributed by atoms with E-state index in [-0.39, 0.29) is 17.1 Å². The lowest BCUT2D eigenvalue weighted by molar-refractivity contribution is 0.194. The van der Waals surface area contributed by atoms with Gasteiger partial charge in [-0.25, -0.2) is 9.18 Å². The number of urea groups is 1. The molecule has 0 aliphatic carbocycles. The Labute approximate surface area is 190 Å². The van der Waals surface area contributed by atoms with Crippen LogP contribution < -0.4 is 5.32 Å². The standard InChI is InChI=1S/C26H21ClFN3O/c1-17-7-2-4-9-20(17)25-24-11-6-14-30(24)23-10-5-3-8-18(23)16-31(25)26(32)29-19-12-13-22(28)21(27)15-19/h2-15,25H,16H2,1H3,(H,29,32). The zero-order chi connectivity index (χ0) is 22.2. The molecule has 0 fully saturated rings. The number of nitrogens with one attached hydrogen (secondary N) is 1. The lowest BCUT2D eigenvalue weighted by atomic mass is 9.97. The van der Waals surface area contributed by atoms with Crippen LogP contribution in [0.1, 0.15) is 28.4 Å². The van der Waals surface area contributed by atoms with Crippen molar-refractivity contribution in [3.8, 4) is 5.69 Å². The van der Waals surface area contributed by atoms with Crippen LogP contribution in [0.2, 0.25) is 5.02 Å². The molecule has 3 aromatic carbocycles. The van der Waals surface area contributed by atoms with Gasteiger partial charge in [0.1, 0.15) is 11.9 Å². The molecular weight excluding hydrogens is 425 g/mol.